The highest BCUT2D eigenvalue weighted by atomic mass is 32.1. The molecular weight excluding hydrogens is 378 g/mol. The molecule has 0 atom stereocenters. The molecule has 0 radical (unpaired) electrons. The van der Waals surface area contributed by atoms with Crippen LogP contribution in [0.15, 0.2) is 48.0 Å². The van der Waals surface area contributed by atoms with Gasteiger partial charge in [0.25, 0.3) is 11.6 Å². The molecule has 1 aromatic carbocycles. The van der Waals surface area contributed by atoms with Crippen LogP contribution in [0.25, 0.3) is 11.4 Å². The number of nitrogens with one attached hydrogen (secondary N) is 1. The first kappa shape index (κ1) is 19.4. The number of benzene rings is 1. The van der Waals surface area contributed by atoms with Crippen molar-refractivity contribution in [3.63, 3.8) is 0 Å². The lowest BCUT2D eigenvalue weighted by atomic mass is 10.1. The third-order valence-corrected chi connectivity index (χ3v) is 4.93. The zero-order valence-electron chi connectivity index (χ0n) is 15.5. The minimum Gasteiger partial charge on any atom is -0.377 e. The van der Waals surface area contributed by atoms with E-state index >= 15 is 0 Å². The maximum Gasteiger partial charge on any atom is 0.270 e. The minimum atomic E-state index is -0.509. The number of anilines is 1. The molecule has 144 valence electrons. The van der Waals surface area contributed by atoms with Gasteiger partial charge >= 0.3 is 0 Å². The van der Waals surface area contributed by atoms with Gasteiger partial charge in [-0.25, -0.2) is 4.98 Å². The van der Waals surface area contributed by atoms with Crippen LogP contribution in [0.3, 0.4) is 0 Å². The first-order valence-electron chi connectivity index (χ1n) is 8.55. The van der Waals surface area contributed by atoms with E-state index in [9.17, 15) is 14.9 Å². The second-order valence-corrected chi connectivity index (χ2v) is 7.14. The van der Waals surface area contributed by atoms with Gasteiger partial charge in [0.2, 0.25) is 0 Å². The van der Waals surface area contributed by atoms with Crippen LogP contribution in [-0.4, -0.2) is 41.4 Å². The van der Waals surface area contributed by atoms with Crippen LogP contribution in [-0.2, 0) is 6.42 Å². The van der Waals surface area contributed by atoms with E-state index in [1.165, 1.54) is 23.5 Å². The molecule has 2 heterocycles. The van der Waals surface area contributed by atoms with Gasteiger partial charge in [-0.15, -0.1) is 11.3 Å². The van der Waals surface area contributed by atoms with Gasteiger partial charge in [0.05, 0.1) is 26.9 Å². The molecular formula is C19H19N5O3S. The SMILES string of the molecule is CN(C)c1ccc([N+](=O)[O-])cc1C(=O)NCCc1nc(-c2ccccn2)cs1. The van der Waals surface area contributed by atoms with Gasteiger partial charge in [0, 0.05) is 56.5 Å². The number of hydrogen-bond donors (Lipinski definition) is 1. The molecule has 2 aromatic heterocycles. The summed E-state index contributed by atoms with van der Waals surface area (Å²) < 4.78 is 0. The fraction of sp³-hybridized carbons (Fsp3) is 0.211. The number of nitrogens with zero attached hydrogens (tertiary/aromatic N) is 4. The lowest BCUT2D eigenvalue weighted by Gasteiger charge is -2.16. The quantitative estimate of drug-likeness (QED) is 0.485. The molecule has 0 fully saturated rings. The summed E-state index contributed by atoms with van der Waals surface area (Å²) in [5.74, 6) is -0.353. The van der Waals surface area contributed by atoms with E-state index in [4.69, 9.17) is 0 Å². The Morgan fingerprint density at radius 3 is 2.75 bits per heavy atom. The number of non-ortho nitro benzene ring substituents is 1. The largest absolute Gasteiger partial charge is 0.377 e. The molecule has 0 spiro atoms. The standard InChI is InChI=1S/C19H19N5O3S/c1-23(2)17-7-6-13(24(26)27)11-14(17)19(25)21-10-8-18-22-16(12-28-18)15-5-3-4-9-20-15/h3-7,9,11-12H,8,10H2,1-2H3,(H,21,25). The third-order valence-electron chi connectivity index (χ3n) is 4.02. The van der Waals surface area contributed by atoms with Crippen molar-refractivity contribution in [1.29, 1.82) is 0 Å². The summed E-state index contributed by atoms with van der Waals surface area (Å²) in [6, 6.07) is 9.91. The smallest absolute Gasteiger partial charge is 0.270 e. The molecule has 28 heavy (non-hydrogen) atoms. The lowest BCUT2D eigenvalue weighted by molar-refractivity contribution is -0.384. The summed E-state index contributed by atoms with van der Waals surface area (Å²) in [4.78, 5) is 33.7. The zero-order valence-corrected chi connectivity index (χ0v) is 16.3. The number of carbonyl (C=O) groups is 1. The summed E-state index contributed by atoms with van der Waals surface area (Å²) >= 11 is 1.51. The number of nitro benzene ring substituents is 1. The summed E-state index contributed by atoms with van der Waals surface area (Å²) in [5, 5.41) is 16.7. The van der Waals surface area contributed by atoms with Crippen molar-refractivity contribution in [2.75, 3.05) is 25.5 Å². The van der Waals surface area contributed by atoms with Crippen molar-refractivity contribution < 1.29 is 9.72 Å². The zero-order chi connectivity index (χ0) is 20.1. The van der Waals surface area contributed by atoms with Gasteiger partial charge in [0.1, 0.15) is 0 Å². The van der Waals surface area contributed by atoms with Crippen molar-refractivity contribution in [3.8, 4) is 11.4 Å². The minimum absolute atomic E-state index is 0.115. The average Bonchev–Trinajstić information content (AvgIpc) is 3.17. The Balaban J connectivity index is 1.65. The Morgan fingerprint density at radius 1 is 1.25 bits per heavy atom. The summed E-state index contributed by atoms with van der Waals surface area (Å²) in [6.07, 6.45) is 2.28. The highest BCUT2D eigenvalue weighted by Gasteiger charge is 2.18. The Labute approximate surface area is 166 Å². The van der Waals surface area contributed by atoms with Gasteiger partial charge in [-0.05, 0) is 18.2 Å². The third kappa shape index (κ3) is 4.49. The van der Waals surface area contributed by atoms with Gasteiger partial charge in [-0.1, -0.05) is 6.07 Å². The summed E-state index contributed by atoms with van der Waals surface area (Å²) in [7, 11) is 3.57. The van der Waals surface area contributed by atoms with Crippen molar-refractivity contribution >= 4 is 28.6 Å². The van der Waals surface area contributed by atoms with Crippen LogP contribution in [0.2, 0.25) is 0 Å². The number of nitro groups is 1. The molecule has 0 unspecified atom stereocenters. The molecule has 3 aromatic rings. The van der Waals surface area contributed by atoms with Crippen LogP contribution in [0.5, 0.6) is 0 Å². The average molecular weight is 397 g/mol. The molecule has 0 saturated carbocycles. The number of amides is 1. The number of aromatic nitrogens is 2. The van der Waals surface area contributed by atoms with Gasteiger partial charge in [0.15, 0.2) is 0 Å². The van der Waals surface area contributed by atoms with Crippen molar-refractivity contribution in [3.05, 3.63) is 68.7 Å². The van der Waals surface area contributed by atoms with E-state index in [1.807, 2.05) is 23.6 Å². The highest BCUT2D eigenvalue weighted by molar-refractivity contribution is 7.09. The number of carbonyl (C=O) groups excluding carboxylic acids is 1. The number of thiazole rings is 1. The normalized spacial score (nSPS) is 10.5. The Hall–Kier alpha value is -3.33. The summed E-state index contributed by atoms with van der Waals surface area (Å²) in [6.45, 7) is 0.379. The molecule has 1 amide bonds. The van der Waals surface area contributed by atoms with Crippen LogP contribution < -0.4 is 10.2 Å². The second-order valence-electron chi connectivity index (χ2n) is 6.20. The molecule has 0 saturated heterocycles. The Kier molecular flexibility index (Phi) is 5.95. The highest BCUT2D eigenvalue weighted by Crippen LogP contribution is 2.24. The van der Waals surface area contributed by atoms with Crippen LogP contribution >= 0.6 is 11.3 Å². The first-order valence-corrected chi connectivity index (χ1v) is 9.43. The van der Waals surface area contributed by atoms with Crippen molar-refractivity contribution in [2.24, 2.45) is 0 Å². The Morgan fingerprint density at radius 2 is 2.07 bits per heavy atom. The van der Waals surface area contributed by atoms with E-state index in [0.29, 0.717) is 18.7 Å². The van der Waals surface area contributed by atoms with Crippen molar-refractivity contribution in [1.82, 2.24) is 15.3 Å². The van der Waals surface area contributed by atoms with E-state index in [1.54, 1.807) is 31.3 Å². The molecule has 0 aliphatic rings. The molecule has 0 aliphatic carbocycles. The monoisotopic (exact) mass is 397 g/mol. The van der Waals surface area contributed by atoms with Gasteiger partial charge < -0.3 is 10.2 Å². The number of rotatable bonds is 7. The number of pyridine rings is 1. The summed E-state index contributed by atoms with van der Waals surface area (Å²) in [5.41, 5.74) is 2.39. The van der Waals surface area contributed by atoms with Crippen LogP contribution in [0.4, 0.5) is 11.4 Å². The fourth-order valence-electron chi connectivity index (χ4n) is 2.65. The van der Waals surface area contributed by atoms with Crippen molar-refractivity contribution in [2.45, 2.75) is 6.42 Å². The molecule has 9 heteroatoms. The fourth-order valence-corrected chi connectivity index (χ4v) is 3.44. The maximum atomic E-state index is 12.6. The van der Waals surface area contributed by atoms with E-state index in [-0.39, 0.29) is 17.2 Å². The van der Waals surface area contributed by atoms with E-state index in [0.717, 1.165) is 16.4 Å². The van der Waals surface area contributed by atoms with Gasteiger partial charge in [-0.2, -0.15) is 0 Å². The molecule has 0 aliphatic heterocycles. The lowest BCUT2D eigenvalue weighted by Crippen LogP contribution is -2.27. The van der Waals surface area contributed by atoms with Crippen LogP contribution in [0.1, 0.15) is 15.4 Å². The predicted octanol–water partition coefficient (Wildman–Crippen LogP) is 3.15. The molecule has 0 bridgehead atoms. The Bertz CT molecular complexity index is 988. The topological polar surface area (TPSA) is 101 Å². The molecule has 3 rings (SSSR count). The number of hydrogen-bond acceptors (Lipinski definition) is 7. The maximum absolute atomic E-state index is 12.6. The molecule has 1 N–H and O–H groups in total. The van der Waals surface area contributed by atoms with E-state index < -0.39 is 4.92 Å². The molecule has 8 nitrogen and oxygen atoms in total. The van der Waals surface area contributed by atoms with Gasteiger partial charge in [-0.3, -0.25) is 19.9 Å². The second kappa shape index (κ2) is 8.57. The van der Waals surface area contributed by atoms with Crippen LogP contribution in [0, 0.1) is 10.1 Å². The predicted molar refractivity (Wildman–Crippen MR) is 109 cm³/mol. The van der Waals surface area contributed by atoms with E-state index in [2.05, 4.69) is 15.3 Å². The first-order chi connectivity index (χ1) is 13.5.